The summed E-state index contributed by atoms with van der Waals surface area (Å²) in [6.07, 6.45) is 0.717. The Labute approximate surface area is 71.0 Å². The van der Waals surface area contributed by atoms with Crippen LogP contribution in [0, 0.1) is 0 Å². The van der Waals surface area contributed by atoms with Crippen molar-refractivity contribution in [2.24, 2.45) is 5.73 Å². The van der Waals surface area contributed by atoms with Crippen LogP contribution in [0.4, 0.5) is 0 Å². The molecule has 1 aliphatic heterocycles. The molecule has 0 amide bonds. The van der Waals surface area contributed by atoms with Gasteiger partial charge in [0.1, 0.15) is 0 Å². The monoisotopic (exact) mass is 176 g/mol. The standard InChI is InChI=1S/C6H12N2O2S/c7-6(11)8-2-1-5-9-3-4-10-5/h5H,1-4H2,(H3,7,8,11). The molecule has 1 rings (SSSR count). The molecule has 1 heterocycles. The summed E-state index contributed by atoms with van der Waals surface area (Å²) >= 11 is 4.62. The number of thiocarbonyl (C=S) groups is 1. The van der Waals surface area contributed by atoms with E-state index in [4.69, 9.17) is 15.2 Å². The van der Waals surface area contributed by atoms with Crippen LogP contribution in [-0.2, 0) is 9.47 Å². The Bertz CT molecular complexity index is 137. The van der Waals surface area contributed by atoms with E-state index in [2.05, 4.69) is 17.5 Å². The molecule has 0 aromatic heterocycles. The van der Waals surface area contributed by atoms with Gasteiger partial charge in [-0.25, -0.2) is 0 Å². The summed E-state index contributed by atoms with van der Waals surface area (Å²) in [5.74, 6) is 0. The summed E-state index contributed by atoms with van der Waals surface area (Å²) in [7, 11) is 0. The molecule has 0 spiro atoms. The van der Waals surface area contributed by atoms with Crippen molar-refractivity contribution in [1.29, 1.82) is 0 Å². The SMILES string of the molecule is NC(=S)NCCC1OCCO1. The van der Waals surface area contributed by atoms with Crippen molar-refractivity contribution >= 4 is 17.3 Å². The fourth-order valence-electron chi connectivity index (χ4n) is 0.887. The van der Waals surface area contributed by atoms with Crippen LogP contribution in [0.2, 0.25) is 0 Å². The average molecular weight is 176 g/mol. The third-order valence-electron chi connectivity index (χ3n) is 1.37. The summed E-state index contributed by atoms with van der Waals surface area (Å²) in [5, 5.41) is 3.14. The van der Waals surface area contributed by atoms with Crippen LogP contribution in [0.1, 0.15) is 6.42 Å². The lowest BCUT2D eigenvalue weighted by molar-refractivity contribution is -0.0452. The lowest BCUT2D eigenvalue weighted by atomic mass is 10.4. The average Bonchev–Trinajstić information content (AvgIpc) is 2.39. The number of nitrogens with two attached hydrogens (primary N) is 1. The highest BCUT2D eigenvalue weighted by Crippen LogP contribution is 2.06. The van der Waals surface area contributed by atoms with Gasteiger partial charge >= 0.3 is 0 Å². The highest BCUT2D eigenvalue weighted by molar-refractivity contribution is 7.80. The zero-order chi connectivity index (χ0) is 8.10. The van der Waals surface area contributed by atoms with Gasteiger partial charge in [-0.15, -0.1) is 0 Å². The van der Waals surface area contributed by atoms with Gasteiger partial charge in [0.2, 0.25) is 0 Å². The number of hydrogen-bond donors (Lipinski definition) is 2. The van der Waals surface area contributed by atoms with Crippen LogP contribution in [0.15, 0.2) is 0 Å². The first-order chi connectivity index (χ1) is 5.29. The highest BCUT2D eigenvalue weighted by Gasteiger charge is 2.14. The van der Waals surface area contributed by atoms with Gasteiger partial charge < -0.3 is 20.5 Å². The van der Waals surface area contributed by atoms with E-state index >= 15 is 0 Å². The molecular weight excluding hydrogens is 164 g/mol. The maximum absolute atomic E-state index is 5.22. The predicted molar refractivity (Wildman–Crippen MR) is 45.1 cm³/mol. The Morgan fingerprint density at radius 3 is 2.73 bits per heavy atom. The smallest absolute Gasteiger partial charge is 0.163 e. The third kappa shape index (κ3) is 3.50. The first-order valence-corrected chi connectivity index (χ1v) is 3.96. The van der Waals surface area contributed by atoms with Crippen molar-refractivity contribution < 1.29 is 9.47 Å². The summed E-state index contributed by atoms with van der Waals surface area (Å²) in [6, 6.07) is 0. The van der Waals surface area contributed by atoms with Crippen LogP contribution >= 0.6 is 12.2 Å². The Kier molecular flexibility index (Phi) is 3.55. The quantitative estimate of drug-likeness (QED) is 0.572. The van der Waals surface area contributed by atoms with E-state index in [1.165, 1.54) is 0 Å². The molecule has 3 N–H and O–H groups in total. The molecule has 64 valence electrons. The van der Waals surface area contributed by atoms with Gasteiger partial charge in [-0.2, -0.15) is 0 Å². The van der Waals surface area contributed by atoms with Gasteiger partial charge in [-0.05, 0) is 12.2 Å². The summed E-state index contributed by atoms with van der Waals surface area (Å²) in [4.78, 5) is 0. The van der Waals surface area contributed by atoms with Gasteiger partial charge in [0.05, 0.1) is 13.2 Å². The van der Waals surface area contributed by atoms with Crippen molar-refractivity contribution in [3.63, 3.8) is 0 Å². The molecule has 1 fully saturated rings. The minimum atomic E-state index is -0.0724. The summed E-state index contributed by atoms with van der Waals surface area (Å²) < 4.78 is 10.4. The van der Waals surface area contributed by atoms with E-state index in [0.717, 1.165) is 6.42 Å². The van der Waals surface area contributed by atoms with Gasteiger partial charge in [0.25, 0.3) is 0 Å². The van der Waals surface area contributed by atoms with Gasteiger partial charge in [-0.1, -0.05) is 0 Å². The normalized spacial score (nSPS) is 18.5. The lowest BCUT2D eigenvalue weighted by Gasteiger charge is -2.08. The molecule has 4 nitrogen and oxygen atoms in total. The lowest BCUT2D eigenvalue weighted by Crippen LogP contribution is -2.31. The van der Waals surface area contributed by atoms with Crippen LogP contribution in [0.25, 0.3) is 0 Å². The van der Waals surface area contributed by atoms with E-state index in [-0.39, 0.29) is 6.29 Å². The van der Waals surface area contributed by atoms with E-state index in [0.29, 0.717) is 24.9 Å². The largest absolute Gasteiger partial charge is 0.376 e. The van der Waals surface area contributed by atoms with Gasteiger partial charge in [-0.3, -0.25) is 0 Å². The first kappa shape index (κ1) is 8.70. The molecule has 0 saturated carbocycles. The van der Waals surface area contributed by atoms with Gasteiger partial charge in [0, 0.05) is 13.0 Å². The number of nitrogens with one attached hydrogen (secondary N) is 1. The fourth-order valence-corrected chi connectivity index (χ4v) is 0.989. The summed E-state index contributed by atoms with van der Waals surface area (Å²) in [5.41, 5.74) is 5.22. The molecule has 0 aromatic carbocycles. The maximum Gasteiger partial charge on any atom is 0.163 e. The Morgan fingerprint density at radius 1 is 1.55 bits per heavy atom. The van der Waals surface area contributed by atoms with Crippen molar-refractivity contribution in [2.45, 2.75) is 12.7 Å². The van der Waals surface area contributed by atoms with Crippen molar-refractivity contribution in [1.82, 2.24) is 5.32 Å². The molecule has 0 bridgehead atoms. The molecule has 11 heavy (non-hydrogen) atoms. The Hall–Kier alpha value is -0.390. The molecule has 1 saturated heterocycles. The zero-order valence-corrected chi connectivity index (χ0v) is 7.02. The van der Waals surface area contributed by atoms with Gasteiger partial charge in [0.15, 0.2) is 11.4 Å². The van der Waals surface area contributed by atoms with E-state index in [1.54, 1.807) is 0 Å². The van der Waals surface area contributed by atoms with Crippen LogP contribution < -0.4 is 11.1 Å². The Balaban J connectivity index is 1.98. The van der Waals surface area contributed by atoms with Crippen molar-refractivity contribution in [3.8, 4) is 0 Å². The number of ether oxygens (including phenoxy) is 2. The minimum absolute atomic E-state index is 0.0724. The molecule has 5 heteroatoms. The van der Waals surface area contributed by atoms with Crippen molar-refractivity contribution in [2.75, 3.05) is 19.8 Å². The second kappa shape index (κ2) is 4.48. The van der Waals surface area contributed by atoms with Crippen LogP contribution in [0.5, 0.6) is 0 Å². The second-order valence-electron chi connectivity index (χ2n) is 2.25. The molecular formula is C6H12N2O2S. The van der Waals surface area contributed by atoms with Crippen LogP contribution in [-0.4, -0.2) is 31.2 Å². The molecule has 0 radical (unpaired) electrons. The van der Waals surface area contributed by atoms with E-state index in [1.807, 2.05) is 0 Å². The molecule has 1 aliphatic rings. The second-order valence-corrected chi connectivity index (χ2v) is 2.69. The zero-order valence-electron chi connectivity index (χ0n) is 6.21. The molecule has 0 aliphatic carbocycles. The molecule has 0 atom stereocenters. The number of rotatable bonds is 3. The van der Waals surface area contributed by atoms with Crippen LogP contribution in [0.3, 0.4) is 0 Å². The topological polar surface area (TPSA) is 56.5 Å². The fraction of sp³-hybridized carbons (Fsp3) is 0.833. The minimum Gasteiger partial charge on any atom is -0.376 e. The Morgan fingerprint density at radius 2 is 2.18 bits per heavy atom. The predicted octanol–water partition coefficient (Wildman–Crippen LogP) is -0.417. The number of hydrogen-bond acceptors (Lipinski definition) is 3. The maximum atomic E-state index is 5.22. The van der Waals surface area contributed by atoms with Crippen molar-refractivity contribution in [3.05, 3.63) is 0 Å². The molecule has 0 aromatic rings. The van der Waals surface area contributed by atoms with E-state index < -0.39 is 0 Å². The third-order valence-corrected chi connectivity index (χ3v) is 1.51. The summed E-state index contributed by atoms with van der Waals surface area (Å²) in [6.45, 7) is 2.09. The first-order valence-electron chi connectivity index (χ1n) is 3.55. The highest BCUT2D eigenvalue weighted by atomic mass is 32.1. The van der Waals surface area contributed by atoms with E-state index in [9.17, 15) is 0 Å². The molecule has 0 unspecified atom stereocenters.